The van der Waals surface area contributed by atoms with E-state index in [-0.39, 0.29) is 11.1 Å². The van der Waals surface area contributed by atoms with Crippen molar-refractivity contribution in [2.24, 2.45) is 0 Å². The van der Waals surface area contributed by atoms with Crippen LogP contribution in [-0.4, -0.2) is 0 Å². The second-order valence-electron chi connectivity index (χ2n) is 3.55. The molecule has 1 heterocycles. The Bertz CT molecular complexity index is 470. The molecule has 1 aromatic carbocycles. The maximum Gasteiger partial charge on any atom is 0.143 e. The average Bonchev–Trinajstić information content (AvgIpc) is 2.77. The predicted octanol–water partition coefficient (Wildman–Crippen LogP) is 4.71. The van der Waals surface area contributed by atoms with Gasteiger partial charge in [-0.15, -0.1) is 0 Å². The fourth-order valence-electron chi connectivity index (χ4n) is 1.44. The maximum atomic E-state index is 13.2. The van der Waals surface area contributed by atoms with Gasteiger partial charge in [-0.1, -0.05) is 11.6 Å². The number of rotatable bonds is 3. The second kappa shape index (κ2) is 4.85. The van der Waals surface area contributed by atoms with Crippen molar-refractivity contribution < 1.29 is 4.39 Å². The van der Waals surface area contributed by atoms with Crippen LogP contribution in [0.3, 0.4) is 0 Å². The van der Waals surface area contributed by atoms with Crippen LogP contribution >= 0.6 is 22.9 Å². The molecular formula is C12H11ClFNS. The molecule has 4 heteroatoms. The SMILES string of the molecule is CC(Nc1ccc(Cl)c(F)c1)c1ccsc1. The van der Waals surface area contributed by atoms with Gasteiger partial charge in [-0.3, -0.25) is 0 Å². The number of anilines is 1. The fraction of sp³-hybridized carbons (Fsp3) is 0.167. The Labute approximate surface area is 103 Å². The number of thiophene rings is 1. The minimum atomic E-state index is -0.399. The Morgan fingerprint density at radius 3 is 2.81 bits per heavy atom. The van der Waals surface area contributed by atoms with Crippen LogP contribution in [-0.2, 0) is 0 Å². The lowest BCUT2D eigenvalue weighted by Gasteiger charge is -2.14. The Balaban J connectivity index is 2.12. The number of benzene rings is 1. The lowest BCUT2D eigenvalue weighted by molar-refractivity contribution is 0.628. The molecule has 1 aromatic heterocycles. The summed E-state index contributed by atoms with van der Waals surface area (Å²) in [6.07, 6.45) is 0. The topological polar surface area (TPSA) is 12.0 Å². The summed E-state index contributed by atoms with van der Waals surface area (Å²) in [5.74, 6) is -0.399. The van der Waals surface area contributed by atoms with E-state index in [9.17, 15) is 4.39 Å². The molecule has 0 aliphatic rings. The van der Waals surface area contributed by atoms with Gasteiger partial charge < -0.3 is 5.32 Å². The van der Waals surface area contributed by atoms with Gasteiger partial charge in [-0.05, 0) is 47.5 Å². The van der Waals surface area contributed by atoms with Crippen molar-refractivity contribution in [3.63, 3.8) is 0 Å². The van der Waals surface area contributed by atoms with E-state index >= 15 is 0 Å². The van der Waals surface area contributed by atoms with E-state index in [0.29, 0.717) is 0 Å². The summed E-state index contributed by atoms with van der Waals surface area (Å²) in [6.45, 7) is 2.04. The summed E-state index contributed by atoms with van der Waals surface area (Å²) in [5.41, 5.74) is 1.93. The first-order chi connectivity index (χ1) is 7.66. The minimum Gasteiger partial charge on any atom is -0.378 e. The van der Waals surface area contributed by atoms with Gasteiger partial charge in [0.2, 0.25) is 0 Å². The van der Waals surface area contributed by atoms with Crippen molar-refractivity contribution in [1.82, 2.24) is 0 Å². The Morgan fingerprint density at radius 2 is 2.19 bits per heavy atom. The molecule has 0 saturated heterocycles. The smallest absolute Gasteiger partial charge is 0.143 e. The van der Waals surface area contributed by atoms with Crippen LogP contribution in [0.2, 0.25) is 5.02 Å². The molecule has 0 spiro atoms. The predicted molar refractivity (Wildman–Crippen MR) is 67.8 cm³/mol. The zero-order chi connectivity index (χ0) is 11.5. The van der Waals surface area contributed by atoms with Gasteiger partial charge in [-0.25, -0.2) is 4.39 Å². The van der Waals surface area contributed by atoms with Crippen LogP contribution in [0.5, 0.6) is 0 Å². The quantitative estimate of drug-likeness (QED) is 0.837. The lowest BCUT2D eigenvalue weighted by Crippen LogP contribution is -2.05. The minimum absolute atomic E-state index is 0.147. The van der Waals surface area contributed by atoms with E-state index in [1.807, 2.05) is 12.3 Å². The average molecular weight is 256 g/mol. The van der Waals surface area contributed by atoms with Gasteiger partial charge in [0.25, 0.3) is 0 Å². The largest absolute Gasteiger partial charge is 0.378 e. The Morgan fingerprint density at radius 1 is 1.38 bits per heavy atom. The Hall–Kier alpha value is -1.06. The van der Waals surface area contributed by atoms with Gasteiger partial charge in [0.05, 0.1) is 5.02 Å². The number of halogens is 2. The molecule has 2 aromatic rings. The first-order valence-corrected chi connectivity index (χ1v) is 6.22. The molecule has 0 aliphatic carbocycles. The molecule has 84 valence electrons. The van der Waals surface area contributed by atoms with Crippen molar-refractivity contribution in [2.75, 3.05) is 5.32 Å². The summed E-state index contributed by atoms with van der Waals surface area (Å²) in [4.78, 5) is 0. The van der Waals surface area contributed by atoms with Crippen molar-refractivity contribution in [3.8, 4) is 0 Å². The number of hydrogen-bond acceptors (Lipinski definition) is 2. The van der Waals surface area contributed by atoms with Crippen molar-refractivity contribution >= 4 is 28.6 Å². The van der Waals surface area contributed by atoms with E-state index in [2.05, 4.69) is 16.8 Å². The summed E-state index contributed by atoms with van der Waals surface area (Å²) < 4.78 is 13.2. The molecule has 1 unspecified atom stereocenters. The van der Waals surface area contributed by atoms with Crippen LogP contribution < -0.4 is 5.32 Å². The van der Waals surface area contributed by atoms with E-state index in [4.69, 9.17) is 11.6 Å². The first-order valence-electron chi connectivity index (χ1n) is 4.90. The van der Waals surface area contributed by atoms with Crippen molar-refractivity contribution in [2.45, 2.75) is 13.0 Å². The summed E-state index contributed by atoms with van der Waals surface area (Å²) in [5, 5.41) is 7.46. The highest BCUT2D eigenvalue weighted by molar-refractivity contribution is 7.07. The normalized spacial score (nSPS) is 12.4. The third-order valence-electron chi connectivity index (χ3n) is 2.35. The molecule has 0 bridgehead atoms. The lowest BCUT2D eigenvalue weighted by atomic mass is 10.1. The van der Waals surface area contributed by atoms with Gasteiger partial charge >= 0.3 is 0 Å². The van der Waals surface area contributed by atoms with Gasteiger partial charge in [0, 0.05) is 11.7 Å². The van der Waals surface area contributed by atoms with E-state index in [1.54, 1.807) is 23.5 Å². The maximum absolute atomic E-state index is 13.2. The number of hydrogen-bond donors (Lipinski definition) is 1. The molecule has 1 nitrogen and oxygen atoms in total. The third-order valence-corrected chi connectivity index (χ3v) is 3.35. The van der Waals surface area contributed by atoms with Crippen molar-refractivity contribution in [1.29, 1.82) is 0 Å². The zero-order valence-electron chi connectivity index (χ0n) is 8.71. The van der Waals surface area contributed by atoms with Gasteiger partial charge in [-0.2, -0.15) is 11.3 Å². The van der Waals surface area contributed by atoms with Crippen LogP contribution in [0, 0.1) is 5.82 Å². The number of nitrogens with one attached hydrogen (secondary N) is 1. The van der Waals surface area contributed by atoms with Gasteiger partial charge in [0.1, 0.15) is 5.82 Å². The van der Waals surface area contributed by atoms with E-state index < -0.39 is 5.82 Å². The third kappa shape index (κ3) is 2.54. The molecule has 2 rings (SSSR count). The molecule has 16 heavy (non-hydrogen) atoms. The highest BCUT2D eigenvalue weighted by Crippen LogP contribution is 2.24. The van der Waals surface area contributed by atoms with E-state index in [1.165, 1.54) is 11.6 Å². The fourth-order valence-corrected chi connectivity index (χ4v) is 2.31. The van der Waals surface area contributed by atoms with Crippen LogP contribution in [0.25, 0.3) is 0 Å². The molecule has 0 radical (unpaired) electrons. The van der Waals surface area contributed by atoms with Crippen molar-refractivity contribution in [3.05, 3.63) is 51.4 Å². The molecule has 1 N–H and O–H groups in total. The highest BCUT2D eigenvalue weighted by Gasteiger charge is 2.07. The summed E-state index contributed by atoms with van der Waals surface area (Å²) in [6, 6.07) is 6.94. The summed E-state index contributed by atoms with van der Waals surface area (Å²) in [7, 11) is 0. The molecule has 0 amide bonds. The molecule has 0 saturated carbocycles. The molecule has 1 atom stereocenters. The van der Waals surface area contributed by atoms with Crippen LogP contribution in [0.4, 0.5) is 10.1 Å². The van der Waals surface area contributed by atoms with Crippen LogP contribution in [0.15, 0.2) is 35.0 Å². The van der Waals surface area contributed by atoms with Gasteiger partial charge in [0.15, 0.2) is 0 Å². The summed E-state index contributed by atoms with van der Waals surface area (Å²) >= 11 is 7.26. The molecule has 0 fully saturated rings. The first kappa shape index (κ1) is 11.4. The standard InChI is InChI=1S/C12H11ClFNS/c1-8(9-4-5-16-7-9)15-10-2-3-11(13)12(14)6-10/h2-8,15H,1H3. The molecule has 0 aliphatic heterocycles. The van der Waals surface area contributed by atoms with Crippen LogP contribution in [0.1, 0.15) is 18.5 Å². The zero-order valence-corrected chi connectivity index (χ0v) is 10.3. The monoisotopic (exact) mass is 255 g/mol. The van der Waals surface area contributed by atoms with E-state index in [0.717, 1.165) is 5.69 Å². The molecular weight excluding hydrogens is 245 g/mol. The highest BCUT2D eigenvalue weighted by atomic mass is 35.5. The Kier molecular flexibility index (Phi) is 3.46. The second-order valence-corrected chi connectivity index (χ2v) is 4.74.